The van der Waals surface area contributed by atoms with Crippen LogP contribution in [0.15, 0.2) is 79.3 Å². The van der Waals surface area contributed by atoms with Gasteiger partial charge in [-0.25, -0.2) is 4.79 Å². The number of aromatic amines is 1. The molecule has 0 saturated heterocycles. The largest absolute Gasteiger partial charge is 0.444 e. The van der Waals surface area contributed by atoms with E-state index >= 15 is 0 Å². The number of amides is 1. The van der Waals surface area contributed by atoms with Crippen LogP contribution in [0.4, 0.5) is 10.5 Å². The third-order valence-electron chi connectivity index (χ3n) is 5.26. The Kier molecular flexibility index (Phi) is 6.75. The first-order valence-electron chi connectivity index (χ1n) is 11.1. The summed E-state index contributed by atoms with van der Waals surface area (Å²) in [5, 5.41) is 4.09. The number of carbonyl (C=O) groups is 1. The van der Waals surface area contributed by atoms with E-state index in [2.05, 4.69) is 68.8 Å². The number of anilines is 1. The number of H-pyrrole nitrogens is 1. The number of nitrogens with zero attached hydrogens (tertiary/aromatic N) is 2. The fourth-order valence-electron chi connectivity index (χ4n) is 3.84. The van der Waals surface area contributed by atoms with E-state index in [9.17, 15) is 4.79 Å². The van der Waals surface area contributed by atoms with Crippen molar-refractivity contribution < 1.29 is 9.53 Å². The molecule has 0 unspecified atom stereocenters. The van der Waals surface area contributed by atoms with Crippen LogP contribution in [-0.2, 0) is 24.4 Å². The third kappa shape index (κ3) is 6.20. The summed E-state index contributed by atoms with van der Waals surface area (Å²) in [7, 11) is 0. The monoisotopic (exact) mass is 442 g/mol. The van der Waals surface area contributed by atoms with Gasteiger partial charge in [-0.15, -0.1) is 0 Å². The summed E-state index contributed by atoms with van der Waals surface area (Å²) >= 11 is 0. The fourth-order valence-corrected chi connectivity index (χ4v) is 3.84. The van der Waals surface area contributed by atoms with Crippen LogP contribution in [0, 0.1) is 0 Å². The van der Waals surface area contributed by atoms with Crippen LogP contribution in [-0.4, -0.2) is 26.6 Å². The zero-order chi connectivity index (χ0) is 23.3. The van der Waals surface area contributed by atoms with Gasteiger partial charge in [-0.05, 0) is 49.6 Å². The molecule has 2 aromatic carbocycles. The molecule has 4 rings (SSSR count). The summed E-state index contributed by atoms with van der Waals surface area (Å²) < 4.78 is 5.44. The van der Waals surface area contributed by atoms with Gasteiger partial charge in [-0.1, -0.05) is 48.5 Å². The van der Waals surface area contributed by atoms with Gasteiger partial charge in [0.2, 0.25) is 0 Å². The minimum Gasteiger partial charge on any atom is -0.444 e. The molecule has 0 atom stereocenters. The number of aromatic nitrogens is 2. The van der Waals surface area contributed by atoms with Gasteiger partial charge < -0.3 is 9.72 Å². The van der Waals surface area contributed by atoms with E-state index in [1.165, 1.54) is 16.5 Å². The van der Waals surface area contributed by atoms with Crippen molar-refractivity contribution in [3.8, 4) is 0 Å². The van der Waals surface area contributed by atoms with Gasteiger partial charge in [0, 0.05) is 42.9 Å². The van der Waals surface area contributed by atoms with Gasteiger partial charge >= 0.3 is 6.09 Å². The average molecular weight is 443 g/mol. The Labute approximate surface area is 194 Å². The van der Waals surface area contributed by atoms with Crippen LogP contribution in [0.1, 0.15) is 37.5 Å². The van der Waals surface area contributed by atoms with E-state index in [1.807, 2.05) is 39.0 Å². The smallest absolute Gasteiger partial charge is 0.412 e. The van der Waals surface area contributed by atoms with Crippen LogP contribution in [0.2, 0.25) is 0 Å². The van der Waals surface area contributed by atoms with Crippen molar-refractivity contribution in [2.24, 2.45) is 0 Å². The van der Waals surface area contributed by atoms with Gasteiger partial charge in [0.15, 0.2) is 0 Å². The minimum absolute atomic E-state index is 0.483. The van der Waals surface area contributed by atoms with Gasteiger partial charge in [0.05, 0.1) is 11.9 Å². The lowest BCUT2D eigenvalue weighted by molar-refractivity contribution is 0.0635. The van der Waals surface area contributed by atoms with Crippen LogP contribution < -0.4 is 5.32 Å². The number of hydrogen-bond acceptors (Lipinski definition) is 4. The summed E-state index contributed by atoms with van der Waals surface area (Å²) in [6.45, 7) is 7.71. The first-order chi connectivity index (χ1) is 15.9. The van der Waals surface area contributed by atoms with Crippen LogP contribution >= 0.6 is 0 Å². The predicted octanol–water partition coefficient (Wildman–Crippen LogP) is 6.11. The first kappa shape index (κ1) is 22.6. The molecule has 0 aliphatic carbocycles. The molecule has 33 heavy (non-hydrogen) atoms. The van der Waals surface area contributed by atoms with E-state index in [1.54, 1.807) is 12.4 Å². The molecule has 4 aromatic rings. The van der Waals surface area contributed by atoms with Crippen molar-refractivity contribution in [2.45, 2.75) is 46.0 Å². The molecule has 0 bridgehead atoms. The lowest BCUT2D eigenvalue weighted by atomic mass is 10.1. The summed E-state index contributed by atoms with van der Waals surface area (Å²) in [4.78, 5) is 22.3. The standard InChI is InChI=1S/C27H30N4O2/c1-27(2,3)33-26(32)30-25-16-28-14-13-21(25)18-31(17-20-9-5-4-6-10-20)19-22-15-29-24-12-8-7-11-23(22)24/h4-16,29H,17-19H2,1-3H3,(H,30,32). The minimum atomic E-state index is -0.568. The van der Waals surface area contributed by atoms with Crippen LogP contribution in [0.25, 0.3) is 10.9 Å². The average Bonchev–Trinajstić information content (AvgIpc) is 3.17. The Bertz CT molecular complexity index is 1210. The number of hydrogen-bond donors (Lipinski definition) is 2. The second-order valence-corrected chi connectivity index (χ2v) is 9.15. The highest BCUT2D eigenvalue weighted by Gasteiger charge is 2.19. The normalized spacial score (nSPS) is 11.6. The second-order valence-electron chi connectivity index (χ2n) is 9.15. The van der Waals surface area contributed by atoms with Crippen molar-refractivity contribution in [3.63, 3.8) is 0 Å². The Morgan fingerprint density at radius 2 is 1.70 bits per heavy atom. The molecule has 0 radical (unpaired) electrons. The molecule has 0 aliphatic heterocycles. The third-order valence-corrected chi connectivity index (χ3v) is 5.26. The maximum absolute atomic E-state index is 12.4. The quantitative estimate of drug-likeness (QED) is 0.362. The lowest BCUT2D eigenvalue weighted by Crippen LogP contribution is -2.28. The lowest BCUT2D eigenvalue weighted by Gasteiger charge is -2.24. The zero-order valence-electron chi connectivity index (χ0n) is 19.3. The number of benzene rings is 2. The van der Waals surface area contributed by atoms with E-state index in [0.29, 0.717) is 12.2 Å². The highest BCUT2D eigenvalue weighted by Crippen LogP contribution is 2.24. The molecule has 0 saturated carbocycles. The Morgan fingerprint density at radius 3 is 2.48 bits per heavy atom. The van der Waals surface area contributed by atoms with Crippen molar-refractivity contribution >= 4 is 22.7 Å². The second kappa shape index (κ2) is 9.88. The molecule has 170 valence electrons. The SMILES string of the molecule is CC(C)(C)OC(=O)Nc1cnccc1CN(Cc1ccccc1)Cc1c[nH]c2ccccc12. The van der Waals surface area contributed by atoms with Crippen LogP contribution in [0.5, 0.6) is 0 Å². The molecule has 0 fully saturated rings. The van der Waals surface area contributed by atoms with Gasteiger partial charge in [0.25, 0.3) is 0 Å². The predicted molar refractivity (Wildman–Crippen MR) is 132 cm³/mol. The molecule has 0 spiro atoms. The van der Waals surface area contributed by atoms with E-state index in [0.717, 1.165) is 24.2 Å². The van der Waals surface area contributed by atoms with Crippen molar-refractivity contribution in [1.82, 2.24) is 14.9 Å². The van der Waals surface area contributed by atoms with Gasteiger partial charge in [0.1, 0.15) is 5.60 Å². The van der Waals surface area contributed by atoms with Crippen molar-refractivity contribution in [2.75, 3.05) is 5.32 Å². The highest BCUT2D eigenvalue weighted by atomic mass is 16.6. The molecule has 0 aliphatic rings. The van der Waals surface area contributed by atoms with E-state index < -0.39 is 11.7 Å². The Hall–Kier alpha value is -3.64. The number of nitrogens with one attached hydrogen (secondary N) is 2. The number of para-hydroxylation sites is 1. The summed E-state index contributed by atoms with van der Waals surface area (Å²) in [5.74, 6) is 0. The molecule has 6 heteroatoms. The van der Waals surface area contributed by atoms with Crippen molar-refractivity contribution in [1.29, 1.82) is 0 Å². The molecule has 2 heterocycles. The number of pyridine rings is 1. The number of fused-ring (bicyclic) bond motifs is 1. The number of ether oxygens (including phenoxy) is 1. The topological polar surface area (TPSA) is 70.2 Å². The maximum Gasteiger partial charge on any atom is 0.412 e. The number of rotatable bonds is 7. The van der Waals surface area contributed by atoms with E-state index in [-0.39, 0.29) is 0 Å². The summed E-state index contributed by atoms with van der Waals surface area (Å²) in [6, 6.07) is 20.7. The first-order valence-corrected chi connectivity index (χ1v) is 11.1. The molecule has 6 nitrogen and oxygen atoms in total. The van der Waals surface area contributed by atoms with Crippen LogP contribution in [0.3, 0.4) is 0 Å². The summed E-state index contributed by atoms with van der Waals surface area (Å²) in [5.41, 5.74) is 4.66. The summed E-state index contributed by atoms with van der Waals surface area (Å²) in [6.07, 6.45) is 5.02. The zero-order valence-corrected chi connectivity index (χ0v) is 19.3. The molecule has 1 amide bonds. The maximum atomic E-state index is 12.4. The molecular formula is C27H30N4O2. The van der Waals surface area contributed by atoms with Crippen molar-refractivity contribution in [3.05, 3.63) is 95.9 Å². The molecule has 2 N–H and O–H groups in total. The Balaban J connectivity index is 1.58. The molecule has 2 aromatic heterocycles. The van der Waals surface area contributed by atoms with E-state index in [4.69, 9.17) is 4.74 Å². The fraction of sp³-hybridized carbons (Fsp3) is 0.259. The number of carbonyl (C=O) groups excluding carboxylic acids is 1. The molecular weight excluding hydrogens is 412 g/mol. The highest BCUT2D eigenvalue weighted by molar-refractivity contribution is 5.85. The Morgan fingerprint density at radius 1 is 0.970 bits per heavy atom. The van der Waals surface area contributed by atoms with Gasteiger partial charge in [-0.2, -0.15) is 0 Å². The van der Waals surface area contributed by atoms with Gasteiger partial charge in [-0.3, -0.25) is 15.2 Å².